The average molecular weight is 480 g/mol. The van der Waals surface area contributed by atoms with Gasteiger partial charge in [-0.2, -0.15) is 5.26 Å². The topological polar surface area (TPSA) is 112 Å². The molecule has 178 valence electrons. The van der Waals surface area contributed by atoms with E-state index >= 15 is 0 Å². The number of benzene rings is 2. The third kappa shape index (κ3) is 6.56. The molecule has 0 fully saturated rings. The third-order valence-corrected chi connectivity index (χ3v) is 6.60. The minimum Gasteiger partial charge on any atom is -0.472 e. The van der Waals surface area contributed by atoms with Crippen LogP contribution in [0.2, 0.25) is 0 Å². The Balaban J connectivity index is 1.88. The fourth-order valence-electron chi connectivity index (χ4n) is 3.76. The smallest absolute Gasteiger partial charge is 0.237 e. The molecule has 0 aliphatic rings. The molecule has 8 heteroatoms. The number of carbonyl (C=O) groups is 1. The Kier molecular flexibility index (Phi) is 8.26. The Bertz CT molecular complexity index is 1230. The summed E-state index contributed by atoms with van der Waals surface area (Å²) in [6.45, 7) is 4.05. The van der Waals surface area contributed by atoms with Crippen LogP contribution in [0.5, 0.6) is 0 Å². The maximum Gasteiger partial charge on any atom is 0.237 e. The summed E-state index contributed by atoms with van der Waals surface area (Å²) in [4.78, 5) is 13.0. The van der Waals surface area contributed by atoms with Crippen molar-refractivity contribution in [1.82, 2.24) is 10.6 Å². The van der Waals surface area contributed by atoms with Gasteiger partial charge in [0.2, 0.25) is 5.91 Å². The van der Waals surface area contributed by atoms with Crippen molar-refractivity contribution in [3.63, 3.8) is 0 Å². The normalized spacial score (nSPS) is 13.3. The van der Waals surface area contributed by atoms with Crippen LogP contribution in [0.4, 0.5) is 0 Å². The molecule has 0 saturated carbocycles. The first-order valence-corrected chi connectivity index (χ1v) is 12.9. The first kappa shape index (κ1) is 25.2. The van der Waals surface area contributed by atoms with Crippen LogP contribution in [0.15, 0.2) is 76.4 Å². The highest BCUT2D eigenvalue weighted by atomic mass is 32.2. The van der Waals surface area contributed by atoms with Gasteiger partial charge in [0.05, 0.1) is 35.6 Å². The maximum atomic E-state index is 12.7. The number of sulfone groups is 1. The lowest BCUT2D eigenvalue weighted by Gasteiger charge is -2.26. The van der Waals surface area contributed by atoms with E-state index in [0.717, 1.165) is 22.3 Å². The van der Waals surface area contributed by atoms with E-state index in [0.29, 0.717) is 6.42 Å². The minimum absolute atomic E-state index is 0.0433. The Morgan fingerprint density at radius 3 is 2.12 bits per heavy atom. The van der Waals surface area contributed by atoms with Gasteiger partial charge in [0.25, 0.3) is 0 Å². The van der Waals surface area contributed by atoms with Crippen LogP contribution in [-0.4, -0.2) is 33.2 Å². The van der Waals surface area contributed by atoms with E-state index in [-0.39, 0.29) is 29.3 Å². The van der Waals surface area contributed by atoms with Crippen molar-refractivity contribution in [1.29, 1.82) is 5.26 Å². The fraction of sp³-hybridized carbons (Fsp3) is 0.308. The number of nitrogens with one attached hydrogen (secondary N) is 2. The zero-order chi connectivity index (χ0) is 24.7. The van der Waals surface area contributed by atoms with Gasteiger partial charge in [-0.25, -0.2) is 8.42 Å². The summed E-state index contributed by atoms with van der Waals surface area (Å²) in [7, 11) is -3.25. The van der Waals surface area contributed by atoms with Crippen LogP contribution in [0.25, 0.3) is 11.1 Å². The highest BCUT2D eigenvalue weighted by molar-refractivity contribution is 7.90. The highest BCUT2D eigenvalue weighted by Gasteiger charge is 2.25. The van der Waals surface area contributed by atoms with E-state index in [1.54, 1.807) is 36.8 Å². The summed E-state index contributed by atoms with van der Waals surface area (Å²) >= 11 is 0. The number of nitrogens with zero attached hydrogens (tertiary/aromatic N) is 1. The van der Waals surface area contributed by atoms with Crippen molar-refractivity contribution in [2.75, 3.05) is 12.8 Å². The molecular weight excluding hydrogens is 450 g/mol. The molecule has 2 N–H and O–H groups in total. The molecule has 3 rings (SSSR count). The lowest BCUT2D eigenvalue weighted by molar-refractivity contribution is -0.123. The number of rotatable bonds is 10. The minimum atomic E-state index is -3.25. The molecule has 0 aliphatic heterocycles. The van der Waals surface area contributed by atoms with E-state index in [2.05, 4.69) is 10.6 Å². The van der Waals surface area contributed by atoms with Crippen LogP contribution in [0.3, 0.4) is 0 Å². The summed E-state index contributed by atoms with van der Waals surface area (Å²) in [6, 6.07) is 17.7. The van der Waals surface area contributed by atoms with E-state index in [4.69, 9.17) is 9.68 Å². The number of nitriles is 1. The van der Waals surface area contributed by atoms with Gasteiger partial charge < -0.3 is 9.73 Å². The standard InChI is InChI=1S/C26H29N3O4S/c1-18(2)16-24(26(30)28-14-13-27)29-25(22-12-15-33-17-22)21-6-4-19(5-7-21)20-8-10-23(11-9-20)34(3,31)32/h4-12,15,17-18,24-25,29H,14,16H2,1-3H3,(H,28,30)/t24-,25?/m0/s1. The van der Waals surface area contributed by atoms with E-state index in [1.165, 1.54) is 6.26 Å². The van der Waals surface area contributed by atoms with Crippen LogP contribution in [-0.2, 0) is 14.6 Å². The molecule has 3 aromatic rings. The molecule has 0 saturated heterocycles. The van der Waals surface area contributed by atoms with Gasteiger partial charge in [-0.3, -0.25) is 10.1 Å². The summed E-state index contributed by atoms with van der Waals surface area (Å²) in [5, 5.41) is 14.9. The van der Waals surface area contributed by atoms with Crippen molar-refractivity contribution in [2.24, 2.45) is 5.92 Å². The monoisotopic (exact) mass is 479 g/mol. The number of amides is 1. The number of furan rings is 1. The van der Waals surface area contributed by atoms with Gasteiger partial charge in [0.15, 0.2) is 9.84 Å². The lowest BCUT2D eigenvalue weighted by Crippen LogP contribution is -2.46. The molecule has 1 amide bonds. The van der Waals surface area contributed by atoms with Gasteiger partial charge >= 0.3 is 0 Å². The molecule has 0 bridgehead atoms. The second kappa shape index (κ2) is 11.1. The predicted octanol–water partition coefficient (Wildman–Crippen LogP) is 4.08. The highest BCUT2D eigenvalue weighted by Crippen LogP contribution is 2.28. The predicted molar refractivity (Wildman–Crippen MR) is 131 cm³/mol. The van der Waals surface area contributed by atoms with E-state index in [9.17, 15) is 13.2 Å². The Labute approximate surface area is 200 Å². The molecule has 2 aromatic carbocycles. The van der Waals surface area contributed by atoms with Crippen LogP contribution < -0.4 is 10.6 Å². The van der Waals surface area contributed by atoms with E-state index < -0.39 is 15.9 Å². The summed E-state index contributed by atoms with van der Waals surface area (Å²) < 4.78 is 28.7. The number of hydrogen-bond donors (Lipinski definition) is 2. The molecule has 7 nitrogen and oxygen atoms in total. The van der Waals surface area contributed by atoms with Gasteiger partial charge in [0, 0.05) is 11.8 Å². The third-order valence-electron chi connectivity index (χ3n) is 5.47. The first-order valence-electron chi connectivity index (χ1n) is 11.0. The fourth-order valence-corrected chi connectivity index (χ4v) is 4.39. The van der Waals surface area contributed by atoms with Gasteiger partial charge in [-0.05, 0) is 47.2 Å². The Hall–Kier alpha value is -3.41. The van der Waals surface area contributed by atoms with Crippen molar-refractivity contribution >= 4 is 15.7 Å². The van der Waals surface area contributed by atoms with Crippen LogP contribution >= 0.6 is 0 Å². The quantitative estimate of drug-likeness (QED) is 0.424. The van der Waals surface area contributed by atoms with Gasteiger partial charge in [-0.1, -0.05) is 50.2 Å². The van der Waals surface area contributed by atoms with Gasteiger partial charge in [-0.15, -0.1) is 0 Å². The zero-order valence-corrected chi connectivity index (χ0v) is 20.3. The van der Waals surface area contributed by atoms with Crippen molar-refractivity contribution in [2.45, 2.75) is 37.2 Å². The van der Waals surface area contributed by atoms with E-state index in [1.807, 2.05) is 50.2 Å². The van der Waals surface area contributed by atoms with Gasteiger partial charge in [0.1, 0.15) is 6.54 Å². The Morgan fingerprint density at radius 2 is 1.62 bits per heavy atom. The molecule has 2 atom stereocenters. The molecular formula is C26H29N3O4S. The first-order chi connectivity index (χ1) is 16.2. The van der Waals surface area contributed by atoms with Crippen LogP contribution in [0.1, 0.15) is 37.4 Å². The van der Waals surface area contributed by atoms with Crippen molar-refractivity contribution in [3.8, 4) is 17.2 Å². The second-order valence-corrected chi connectivity index (χ2v) is 10.6. The molecule has 1 unspecified atom stereocenters. The van der Waals surface area contributed by atoms with Crippen molar-refractivity contribution in [3.05, 3.63) is 78.3 Å². The molecule has 0 spiro atoms. The average Bonchev–Trinajstić information content (AvgIpc) is 3.34. The van der Waals surface area contributed by atoms with Crippen molar-refractivity contribution < 1.29 is 17.6 Å². The molecule has 0 aliphatic carbocycles. The number of carbonyl (C=O) groups excluding carboxylic acids is 1. The summed E-state index contributed by atoms with van der Waals surface area (Å²) in [5.74, 6) is 0.0546. The van der Waals surface area contributed by atoms with Crippen LogP contribution in [0, 0.1) is 17.2 Å². The Morgan fingerprint density at radius 1 is 1.00 bits per heavy atom. The summed E-state index contributed by atoms with van der Waals surface area (Å²) in [5.41, 5.74) is 3.67. The lowest BCUT2D eigenvalue weighted by atomic mass is 9.95. The maximum absolute atomic E-state index is 12.7. The molecule has 1 heterocycles. The SMILES string of the molecule is CC(C)C[C@H](NC(c1ccc(-c2ccc(S(C)(=O)=O)cc2)cc1)c1ccoc1)C(=O)NCC#N. The molecule has 1 aromatic heterocycles. The summed E-state index contributed by atoms with van der Waals surface area (Å²) in [6.07, 6.45) is 5.04. The largest absolute Gasteiger partial charge is 0.472 e. The zero-order valence-electron chi connectivity index (χ0n) is 19.5. The number of hydrogen-bond acceptors (Lipinski definition) is 6. The molecule has 0 radical (unpaired) electrons. The molecule has 34 heavy (non-hydrogen) atoms. The second-order valence-electron chi connectivity index (χ2n) is 8.63.